The van der Waals surface area contributed by atoms with Crippen LogP contribution in [0.3, 0.4) is 0 Å². The first-order valence-corrected chi connectivity index (χ1v) is 5.57. The molecule has 6 nitrogen and oxygen atoms in total. The molecule has 0 saturated carbocycles. The van der Waals surface area contributed by atoms with Crippen molar-refractivity contribution in [3.63, 3.8) is 0 Å². The largest absolute Gasteiger partial charge is 0.481 e. The van der Waals surface area contributed by atoms with E-state index in [9.17, 15) is 9.18 Å². The summed E-state index contributed by atoms with van der Waals surface area (Å²) in [5, 5.41) is 6.71. The normalized spacial score (nSPS) is 10.3. The number of carbonyl (C=O) groups excluding carboxylic acids is 1. The van der Waals surface area contributed by atoms with Gasteiger partial charge in [0.15, 0.2) is 0 Å². The molecule has 19 heavy (non-hydrogen) atoms. The Balaban J connectivity index is 2.02. The maximum absolute atomic E-state index is 13.3. The van der Waals surface area contributed by atoms with Crippen LogP contribution in [-0.4, -0.2) is 27.8 Å². The van der Waals surface area contributed by atoms with Crippen molar-refractivity contribution in [1.29, 1.82) is 0 Å². The van der Waals surface area contributed by atoms with Crippen LogP contribution in [-0.2, 0) is 13.6 Å². The molecule has 0 aliphatic heterocycles. The van der Waals surface area contributed by atoms with Crippen molar-refractivity contribution in [3.8, 4) is 5.88 Å². The minimum Gasteiger partial charge on any atom is -0.481 e. The molecule has 0 radical (unpaired) electrons. The summed E-state index contributed by atoms with van der Waals surface area (Å²) in [5.74, 6) is -0.745. The number of methoxy groups -OCH3 is 1. The lowest BCUT2D eigenvalue weighted by Gasteiger charge is -2.03. The van der Waals surface area contributed by atoms with E-state index < -0.39 is 11.9 Å². The van der Waals surface area contributed by atoms with Crippen molar-refractivity contribution in [2.45, 2.75) is 6.54 Å². The fourth-order valence-electron chi connectivity index (χ4n) is 1.61. The van der Waals surface area contributed by atoms with Crippen molar-refractivity contribution in [1.82, 2.24) is 20.1 Å². The number of nitrogens with one attached hydrogen (secondary N) is 1. The summed E-state index contributed by atoms with van der Waals surface area (Å²) < 4.78 is 19.9. The standard InChI is InChI=1S/C12H13FN4O2/c1-17-10(19-2)6-8(16-17)7-15-12(18)9-4-3-5-14-11(9)13/h3-6H,7H2,1-2H3,(H,15,18). The van der Waals surface area contributed by atoms with Crippen LogP contribution >= 0.6 is 0 Å². The van der Waals surface area contributed by atoms with Crippen molar-refractivity contribution < 1.29 is 13.9 Å². The van der Waals surface area contributed by atoms with Gasteiger partial charge >= 0.3 is 0 Å². The number of ether oxygens (including phenoxy) is 1. The van der Waals surface area contributed by atoms with Crippen LogP contribution in [0.5, 0.6) is 5.88 Å². The number of halogens is 1. The zero-order valence-electron chi connectivity index (χ0n) is 10.6. The van der Waals surface area contributed by atoms with Gasteiger partial charge in [0, 0.05) is 19.3 Å². The predicted octanol–water partition coefficient (Wildman–Crippen LogP) is 0.893. The van der Waals surface area contributed by atoms with E-state index in [1.807, 2.05) is 0 Å². The lowest BCUT2D eigenvalue weighted by atomic mass is 10.2. The maximum Gasteiger partial charge on any atom is 0.256 e. The summed E-state index contributed by atoms with van der Waals surface area (Å²) in [6.45, 7) is 0.185. The molecule has 0 aliphatic carbocycles. The number of carbonyl (C=O) groups is 1. The Morgan fingerprint density at radius 2 is 2.37 bits per heavy atom. The second-order valence-electron chi connectivity index (χ2n) is 3.83. The van der Waals surface area contributed by atoms with Crippen LogP contribution < -0.4 is 10.1 Å². The molecule has 2 aromatic rings. The molecule has 7 heteroatoms. The molecular formula is C12H13FN4O2. The Kier molecular flexibility index (Phi) is 3.74. The molecule has 0 aromatic carbocycles. The average molecular weight is 264 g/mol. The van der Waals surface area contributed by atoms with E-state index in [0.29, 0.717) is 11.6 Å². The first-order valence-electron chi connectivity index (χ1n) is 5.57. The monoisotopic (exact) mass is 264 g/mol. The number of aryl methyl sites for hydroxylation is 1. The molecule has 100 valence electrons. The first-order chi connectivity index (χ1) is 9.11. The topological polar surface area (TPSA) is 69.0 Å². The van der Waals surface area contributed by atoms with Gasteiger partial charge in [-0.1, -0.05) is 0 Å². The molecule has 0 spiro atoms. The van der Waals surface area contributed by atoms with E-state index >= 15 is 0 Å². The Labute approximate surface area is 109 Å². The summed E-state index contributed by atoms with van der Waals surface area (Å²) in [7, 11) is 3.26. The van der Waals surface area contributed by atoms with Crippen LogP contribution in [0.15, 0.2) is 24.4 Å². The molecule has 0 saturated heterocycles. The third kappa shape index (κ3) is 2.87. The van der Waals surface area contributed by atoms with E-state index in [-0.39, 0.29) is 12.1 Å². The van der Waals surface area contributed by atoms with E-state index in [0.717, 1.165) is 0 Å². The van der Waals surface area contributed by atoms with E-state index in [1.165, 1.54) is 25.4 Å². The predicted molar refractivity (Wildman–Crippen MR) is 65.1 cm³/mol. The molecule has 0 unspecified atom stereocenters. The lowest BCUT2D eigenvalue weighted by molar-refractivity contribution is 0.0945. The second-order valence-corrected chi connectivity index (χ2v) is 3.83. The van der Waals surface area contributed by atoms with E-state index in [2.05, 4.69) is 15.4 Å². The van der Waals surface area contributed by atoms with Gasteiger partial charge in [-0.05, 0) is 12.1 Å². The van der Waals surface area contributed by atoms with Gasteiger partial charge in [0.1, 0.15) is 0 Å². The fourth-order valence-corrected chi connectivity index (χ4v) is 1.61. The van der Waals surface area contributed by atoms with Gasteiger partial charge in [0.25, 0.3) is 5.91 Å². The summed E-state index contributed by atoms with van der Waals surface area (Å²) in [5.41, 5.74) is 0.530. The Bertz CT molecular complexity index is 597. The lowest BCUT2D eigenvalue weighted by Crippen LogP contribution is -2.24. The van der Waals surface area contributed by atoms with Crippen molar-refractivity contribution in [2.24, 2.45) is 7.05 Å². The number of hydrogen-bond donors (Lipinski definition) is 1. The molecule has 1 N–H and O–H groups in total. The van der Waals surface area contributed by atoms with Gasteiger partial charge in [0.05, 0.1) is 24.9 Å². The SMILES string of the molecule is COc1cc(CNC(=O)c2cccnc2F)nn1C. The summed E-state index contributed by atoms with van der Waals surface area (Å²) in [6.07, 6.45) is 1.29. The molecule has 0 aliphatic rings. The number of rotatable bonds is 4. The highest BCUT2D eigenvalue weighted by Crippen LogP contribution is 2.11. The van der Waals surface area contributed by atoms with E-state index in [4.69, 9.17) is 4.74 Å². The molecule has 2 heterocycles. The molecule has 1 amide bonds. The molecule has 0 atom stereocenters. The van der Waals surface area contributed by atoms with Gasteiger partial charge in [-0.15, -0.1) is 0 Å². The number of hydrogen-bond acceptors (Lipinski definition) is 4. The molecule has 0 bridgehead atoms. The Morgan fingerprint density at radius 1 is 1.58 bits per heavy atom. The first kappa shape index (κ1) is 13.0. The zero-order valence-corrected chi connectivity index (χ0v) is 10.6. The summed E-state index contributed by atoms with van der Waals surface area (Å²) in [4.78, 5) is 15.2. The van der Waals surface area contributed by atoms with Gasteiger partial charge < -0.3 is 10.1 Å². The van der Waals surface area contributed by atoms with Gasteiger partial charge in [-0.3, -0.25) is 4.79 Å². The van der Waals surface area contributed by atoms with Gasteiger partial charge in [-0.25, -0.2) is 9.67 Å². The summed E-state index contributed by atoms with van der Waals surface area (Å²) >= 11 is 0. The maximum atomic E-state index is 13.3. The number of nitrogens with zero attached hydrogens (tertiary/aromatic N) is 3. The third-order valence-electron chi connectivity index (χ3n) is 2.53. The summed E-state index contributed by atoms with van der Waals surface area (Å²) in [6, 6.07) is 4.57. The van der Waals surface area contributed by atoms with Crippen LogP contribution in [0.1, 0.15) is 16.1 Å². The van der Waals surface area contributed by atoms with Gasteiger partial charge in [0.2, 0.25) is 11.8 Å². The van der Waals surface area contributed by atoms with Crippen molar-refractivity contribution in [2.75, 3.05) is 7.11 Å². The smallest absolute Gasteiger partial charge is 0.256 e. The minimum absolute atomic E-state index is 0.0922. The van der Waals surface area contributed by atoms with E-state index in [1.54, 1.807) is 17.8 Å². The van der Waals surface area contributed by atoms with Crippen LogP contribution in [0.25, 0.3) is 0 Å². The highest BCUT2D eigenvalue weighted by atomic mass is 19.1. The van der Waals surface area contributed by atoms with Crippen LogP contribution in [0, 0.1) is 5.95 Å². The number of aromatic nitrogens is 3. The molecule has 2 rings (SSSR count). The highest BCUT2D eigenvalue weighted by molar-refractivity contribution is 5.93. The second kappa shape index (κ2) is 5.47. The Hall–Kier alpha value is -2.44. The van der Waals surface area contributed by atoms with Gasteiger partial charge in [-0.2, -0.15) is 9.49 Å². The molecule has 2 aromatic heterocycles. The Morgan fingerprint density at radius 3 is 3.00 bits per heavy atom. The number of amides is 1. The van der Waals surface area contributed by atoms with Crippen molar-refractivity contribution >= 4 is 5.91 Å². The number of pyridine rings is 1. The highest BCUT2D eigenvalue weighted by Gasteiger charge is 2.12. The zero-order chi connectivity index (χ0) is 13.8. The average Bonchev–Trinajstić information content (AvgIpc) is 2.77. The van der Waals surface area contributed by atoms with Crippen LogP contribution in [0.2, 0.25) is 0 Å². The fraction of sp³-hybridized carbons (Fsp3) is 0.250. The molecule has 0 fully saturated rings. The van der Waals surface area contributed by atoms with Crippen molar-refractivity contribution in [3.05, 3.63) is 41.6 Å². The van der Waals surface area contributed by atoms with Crippen LogP contribution in [0.4, 0.5) is 4.39 Å². The third-order valence-corrected chi connectivity index (χ3v) is 2.53. The quantitative estimate of drug-likeness (QED) is 0.833. The molecular weight excluding hydrogens is 251 g/mol. The minimum atomic E-state index is -0.793.